The minimum absolute atomic E-state index is 0.258. The number of aryl methyl sites for hydroxylation is 1. The number of phenolic OH excluding ortho intramolecular Hbond substituents is 1. The fraction of sp³-hybridized carbons (Fsp3) is 0.357. The van der Waals surface area contributed by atoms with Gasteiger partial charge in [-0.15, -0.1) is 0 Å². The third kappa shape index (κ3) is 2.38. The van der Waals surface area contributed by atoms with Gasteiger partial charge in [-0.05, 0) is 32.5 Å². The Balaban J connectivity index is 2.40. The Bertz CT molecular complexity index is 546. The molecule has 0 spiro atoms. The Morgan fingerprint density at radius 3 is 2.78 bits per heavy atom. The first-order valence-corrected chi connectivity index (χ1v) is 6.18. The first-order valence-electron chi connectivity index (χ1n) is 6.18. The van der Waals surface area contributed by atoms with E-state index in [-0.39, 0.29) is 5.75 Å². The smallest absolute Gasteiger partial charge is 0.117 e. The third-order valence-corrected chi connectivity index (χ3v) is 3.07. The lowest BCUT2D eigenvalue weighted by atomic mass is 10.2. The summed E-state index contributed by atoms with van der Waals surface area (Å²) in [6, 6.07) is 7.15. The number of phenols is 1. The number of rotatable bonds is 4. The van der Waals surface area contributed by atoms with Crippen molar-refractivity contribution in [1.82, 2.24) is 15.1 Å². The predicted octanol–water partition coefficient (Wildman–Crippen LogP) is 2.30. The van der Waals surface area contributed by atoms with Crippen LogP contribution >= 0.6 is 0 Å². The van der Waals surface area contributed by atoms with Crippen LogP contribution < -0.4 is 5.32 Å². The Hall–Kier alpha value is -1.81. The highest BCUT2D eigenvalue weighted by atomic mass is 16.3. The minimum Gasteiger partial charge on any atom is -0.508 e. The van der Waals surface area contributed by atoms with Crippen molar-refractivity contribution in [1.29, 1.82) is 0 Å². The van der Waals surface area contributed by atoms with Crippen molar-refractivity contribution in [3.05, 3.63) is 41.2 Å². The van der Waals surface area contributed by atoms with Crippen molar-refractivity contribution in [3.63, 3.8) is 0 Å². The zero-order chi connectivity index (χ0) is 13.1. The summed E-state index contributed by atoms with van der Waals surface area (Å²) in [6.45, 7) is 7.92. The van der Waals surface area contributed by atoms with E-state index < -0.39 is 0 Å². The lowest BCUT2D eigenvalue weighted by molar-refractivity contribution is 0.474. The van der Waals surface area contributed by atoms with Gasteiger partial charge in [-0.2, -0.15) is 5.10 Å². The van der Waals surface area contributed by atoms with Crippen molar-refractivity contribution in [3.8, 4) is 11.4 Å². The van der Waals surface area contributed by atoms with Gasteiger partial charge in [-0.25, -0.2) is 4.68 Å². The van der Waals surface area contributed by atoms with Gasteiger partial charge in [-0.1, -0.05) is 13.0 Å². The number of benzene rings is 1. The van der Waals surface area contributed by atoms with E-state index in [1.165, 1.54) is 5.56 Å². The Labute approximate surface area is 107 Å². The van der Waals surface area contributed by atoms with Gasteiger partial charge in [0.2, 0.25) is 0 Å². The van der Waals surface area contributed by atoms with Crippen molar-refractivity contribution < 1.29 is 5.11 Å². The first-order chi connectivity index (χ1) is 8.63. The van der Waals surface area contributed by atoms with E-state index in [0.717, 1.165) is 30.2 Å². The molecule has 0 radical (unpaired) electrons. The fourth-order valence-corrected chi connectivity index (χ4v) is 2.06. The fourth-order valence-electron chi connectivity index (χ4n) is 2.06. The molecule has 2 N–H and O–H groups in total. The third-order valence-electron chi connectivity index (χ3n) is 3.07. The van der Waals surface area contributed by atoms with Crippen LogP contribution in [0.4, 0.5) is 0 Å². The first kappa shape index (κ1) is 12.6. The molecule has 0 atom stereocenters. The molecule has 2 aromatic rings. The molecule has 0 unspecified atom stereocenters. The highest BCUT2D eigenvalue weighted by Gasteiger charge is 2.12. The van der Waals surface area contributed by atoms with E-state index in [1.54, 1.807) is 12.1 Å². The van der Waals surface area contributed by atoms with Crippen LogP contribution in [0.5, 0.6) is 5.75 Å². The molecule has 0 fully saturated rings. The molecule has 1 aromatic heterocycles. The molecule has 4 nitrogen and oxygen atoms in total. The van der Waals surface area contributed by atoms with Crippen LogP contribution in [0.1, 0.15) is 23.9 Å². The maximum absolute atomic E-state index is 9.53. The summed E-state index contributed by atoms with van der Waals surface area (Å²) in [5.41, 5.74) is 4.24. The largest absolute Gasteiger partial charge is 0.508 e. The molecular formula is C14H19N3O. The lowest BCUT2D eigenvalue weighted by Gasteiger charge is -2.06. The molecule has 18 heavy (non-hydrogen) atoms. The monoisotopic (exact) mass is 245 g/mol. The molecule has 1 heterocycles. The molecule has 0 aliphatic heterocycles. The molecule has 1 aromatic carbocycles. The van der Waals surface area contributed by atoms with Crippen molar-refractivity contribution in [2.75, 3.05) is 6.54 Å². The van der Waals surface area contributed by atoms with E-state index >= 15 is 0 Å². The van der Waals surface area contributed by atoms with Crippen LogP contribution in [0.25, 0.3) is 5.69 Å². The second kappa shape index (κ2) is 5.23. The zero-order valence-corrected chi connectivity index (χ0v) is 11.1. The van der Waals surface area contributed by atoms with Crippen molar-refractivity contribution in [2.45, 2.75) is 27.3 Å². The summed E-state index contributed by atoms with van der Waals surface area (Å²) in [5, 5.41) is 17.4. The normalized spacial score (nSPS) is 10.8. The predicted molar refractivity (Wildman–Crippen MR) is 72.1 cm³/mol. The molecule has 4 heteroatoms. The average molecular weight is 245 g/mol. The number of hydrogen-bond acceptors (Lipinski definition) is 3. The highest BCUT2D eigenvalue weighted by molar-refractivity contribution is 5.41. The number of nitrogens with zero attached hydrogens (tertiary/aromatic N) is 2. The van der Waals surface area contributed by atoms with E-state index in [2.05, 4.69) is 24.3 Å². The van der Waals surface area contributed by atoms with Gasteiger partial charge < -0.3 is 10.4 Å². The maximum atomic E-state index is 9.53. The minimum atomic E-state index is 0.258. The van der Waals surface area contributed by atoms with E-state index in [0.29, 0.717) is 0 Å². The standard InChI is InChI=1S/C14H19N3O/c1-4-15-9-14-10(2)16-17(11(14)3)12-6-5-7-13(18)8-12/h5-8,15,18H,4,9H2,1-3H3. The highest BCUT2D eigenvalue weighted by Crippen LogP contribution is 2.20. The summed E-state index contributed by atoms with van der Waals surface area (Å²) < 4.78 is 1.88. The molecule has 96 valence electrons. The quantitative estimate of drug-likeness (QED) is 0.869. The van der Waals surface area contributed by atoms with Gasteiger partial charge in [0, 0.05) is 23.9 Å². The van der Waals surface area contributed by atoms with Crippen LogP contribution in [-0.2, 0) is 6.54 Å². The molecule has 2 rings (SSSR count). The molecule has 0 amide bonds. The van der Waals surface area contributed by atoms with Gasteiger partial charge in [0.05, 0.1) is 11.4 Å². The molecule has 0 aliphatic rings. The van der Waals surface area contributed by atoms with E-state index in [9.17, 15) is 5.11 Å². The van der Waals surface area contributed by atoms with Crippen LogP contribution in [0.15, 0.2) is 24.3 Å². The van der Waals surface area contributed by atoms with Crippen LogP contribution in [0.2, 0.25) is 0 Å². The van der Waals surface area contributed by atoms with E-state index in [4.69, 9.17) is 0 Å². The second-order valence-electron chi connectivity index (χ2n) is 4.36. The topological polar surface area (TPSA) is 50.1 Å². The Kier molecular flexibility index (Phi) is 3.67. The van der Waals surface area contributed by atoms with Crippen LogP contribution in [-0.4, -0.2) is 21.4 Å². The van der Waals surface area contributed by atoms with Gasteiger partial charge >= 0.3 is 0 Å². The molecule has 0 aliphatic carbocycles. The van der Waals surface area contributed by atoms with Gasteiger partial charge in [0.1, 0.15) is 5.75 Å². The van der Waals surface area contributed by atoms with Crippen LogP contribution in [0.3, 0.4) is 0 Å². The summed E-state index contributed by atoms with van der Waals surface area (Å²) in [7, 11) is 0. The lowest BCUT2D eigenvalue weighted by Crippen LogP contribution is -2.13. The molecule has 0 bridgehead atoms. The zero-order valence-electron chi connectivity index (χ0n) is 11.1. The van der Waals surface area contributed by atoms with Gasteiger partial charge in [0.25, 0.3) is 0 Å². The molecular weight excluding hydrogens is 226 g/mol. The number of aromatic hydroxyl groups is 1. The Morgan fingerprint density at radius 1 is 1.33 bits per heavy atom. The number of nitrogens with one attached hydrogen (secondary N) is 1. The van der Waals surface area contributed by atoms with Crippen LogP contribution in [0, 0.1) is 13.8 Å². The summed E-state index contributed by atoms with van der Waals surface area (Å²) in [4.78, 5) is 0. The summed E-state index contributed by atoms with van der Waals surface area (Å²) >= 11 is 0. The molecule has 0 saturated heterocycles. The molecule has 0 saturated carbocycles. The second-order valence-corrected chi connectivity index (χ2v) is 4.36. The number of aromatic nitrogens is 2. The van der Waals surface area contributed by atoms with Gasteiger partial charge in [0.15, 0.2) is 0 Å². The average Bonchev–Trinajstić information content (AvgIpc) is 2.63. The summed E-state index contributed by atoms with van der Waals surface area (Å²) in [5.74, 6) is 0.258. The van der Waals surface area contributed by atoms with Crippen molar-refractivity contribution >= 4 is 0 Å². The van der Waals surface area contributed by atoms with Crippen molar-refractivity contribution in [2.24, 2.45) is 0 Å². The van der Waals surface area contributed by atoms with Gasteiger partial charge in [-0.3, -0.25) is 0 Å². The van der Waals surface area contributed by atoms with E-state index in [1.807, 2.05) is 23.7 Å². The number of hydrogen-bond donors (Lipinski definition) is 2. The summed E-state index contributed by atoms with van der Waals surface area (Å²) in [6.07, 6.45) is 0. The SMILES string of the molecule is CCNCc1c(C)nn(-c2cccc(O)c2)c1C. The Morgan fingerprint density at radius 2 is 2.11 bits per heavy atom. The maximum Gasteiger partial charge on any atom is 0.117 e.